The van der Waals surface area contributed by atoms with Crippen LogP contribution >= 0.6 is 0 Å². The Morgan fingerprint density at radius 2 is 0.896 bits per heavy atom. The molecular formula is C63H105NO13. The molecule has 12 atom stereocenters. The van der Waals surface area contributed by atoms with E-state index in [0.29, 0.717) is 6.42 Å². The summed E-state index contributed by atoms with van der Waals surface area (Å²) in [5.74, 6) is -0.254. The van der Waals surface area contributed by atoms with Crippen LogP contribution in [0.2, 0.25) is 0 Å². The molecule has 0 aromatic carbocycles. The van der Waals surface area contributed by atoms with Crippen molar-refractivity contribution in [2.24, 2.45) is 0 Å². The van der Waals surface area contributed by atoms with E-state index >= 15 is 0 Å². The Bertz CT molecular complexity index is 1700. The van der Waals surface area contributed by atoms with Crippen molar-refractivity contribution in [3.63, 3.8) is 0 Å². The third-order valence-electron chi connectivity index (χ3n) is 13.7. The lowest BCUT2D eigenvalue weighted by atomic mass is 9.97. The van der Waals surface area contributed by atoms with Gasteiger partial charge in [0.05, 0.1) is 32.0 Å². The lowest BCUT2D eigenvalue weighted by Crippen LogP contribution is -2.65. The van der Waals surface area contributed by atoms with Crippen LogP contribution in [-0.4, -0.2) is 140 Å². The molecule has 0 bridgehead atoms. The van der Waals surface area contributed by atoms with E-state index in [0.717, 1.165) is 89.9 Å². The molecule has 2 heterocycles. The molecule has 12 unspecified atom stereocenters. The average Bonchev–Trinajstić information content (AvgIpc) is 3.43. The molecule has 14 nitrogen and oxygen atoms in total. The highest BCUT2D eigenvalue weighted by molar-refractivity contribution is 5.76. The summed E-state index contributed by atoms with van der Waals surface area (Å²) in [6.07, 6.45) is 51.0. The summed E-state index contributed by atoms with van der Waals surface area (Å²) in [4.78, 5) is 13.1. The summed E-state index contributed by atoms with van der Waals surface area (Å²) in [6.45, 7) is 2.49. The number of hydrogen-bond acceptors (Lipinski definition) is 13. The first-order chi connectivity index (χ1) is 37.6. The first-order valence-electron chi connectivity index (χ1n) is 29.6. The van der Waals surface area contributed by atoms with Crippen LogP contribution in [0.3, 0.4) is 0 Å². The maximum Gasteiger partial charge on any atom is 0.220 e. The zero-order valence-electron chi connectivity index (χ0n) is 47.2. The minimum Gasteiger partial charge on any atom is -0.394 e. The monoisotopic (exact) mass is 1080 g/mol. The smallest absolute Gasteiger partial charge is 0.220 e. The Hall–Kier alpha value is -3.35. The minimum absolute atomic E-state index is 0.254. The van der Waals surface area contributed by atoms with Crippen LogP contribution < -0.4 is 5.32 Å². The highest BCUT2D eigenvalue weighted by Gasteiger charge is 2.51. The largest absolute Gasteiger partial charge is 0.394 e. The Balaban J connectivity index is 1.50. The maximum absolute atomic E-state index is 13.1. The summed E-state index contributed by atoms with van der Waals surface area (Å²) in [7, 11) is 0. The van der Waals surface area contributed by atoms with Crippen molar-refractivity contribution in [1.82, 2.24) is 5.32 Å². The number of aliphatic hydroxyl groups excluding tert-OH is 8. The van der Waals surface area contributed by atoms with Gasteiger partial charge in [-0.25, -0.2) is 0 Å². The quantitative estimate of drug-likeness (QED) is 0.0205. The topological polar surface area (TPSA) is 228 Å². The number of hydrogen-bond donors (Lipinski definition) is 9. The van der Waals surface area contributed by atoms with Crippen LogP contribution in [0.1, 0.15) is 187 Å². The third kappa shape index (κ3) is 33.1. The van der Waals surface area contributed by atoms with E-state index in [2.05, 4.69) is 116 Å². The predicted octanol–water partition coefficient (Wildman–Crippen LogP) is 10.1. The van der Waals surface area contributed by atoms with Gasteiger partial charge in [-0.3, -0.25) is 4.79 Å². The fraction of sp³-hybridized carbons (Fsp3) is 0.698. The Morgan fingerprint density at radius 3 is 1.36 bits per heavy atom. The van der Waals surface area contributed by atoms with Gasteiger partial charge in [-0.15, -0.1) is 0 Å². The van der Waals surface area contributed by atoms with Gasteiger partial charge in [0, 0.05) is 6.42 Å². The molecule has 14 heteroatoms. The zero-order chi connectivity index (χ0) is 56.0. The Labute approximate surface area is 464 Å². The van der Waals surface area contributed by atoms with E-state index in [1.54, 1.807) is 6.08 Å². The molecule has 0 aromatic heterocycles. The van der Waals surface area contributed by atoms with E-state index in [1.807, 2.05) is 6.08 Å². The Kier molecular flexibility index (Phi) is 43.0. The van der Waals surface area contributed by atoms with Gasteiger partial charge in [-0.1, -0.05) is 213 Å². The lowest BCUT2D eigenvalue weighted by molar-refractivity contribution is -0.359. The van der Waals surface area contributed by atoms with E-state index in [9.17, 15) is 45.6 Å². The standard InChI is InChI=1S/C63H105NO13/c1-3-5-7-9-10-11-12-13-14-15-16-17-18-19-20-21-22-23-24-25-26-27-28-29-30-31-32-33-34-35-36-37-38-39-40-41-42-43-45-47-55(68)64-51(52(67)46-44-8-6-4-2)50-74-62-60(73)58(71)61(54(49-66)76-62)77-63-59(72)57(70)56(69)53(48-65)75-63/h5,7,10-11,13-14,16-17,19-20,22-23,25-26,28-29,44,46,51-54,56-63,65-67,69-73H,3-4,6,8-9,12,15,18,21,24,27,30-43,45,47-50H2,1-2H3,(H,64,68)/b7-5-,11-10-,14-13-,17-16-,20-19-,23-22-,26-25-,29-28-,46-44+. The van der Waals surface area contributed by atoms with E-state index in [1.165, 1.54) is 70.6 Å². The first-order valence-corrected chi connectivity index (χ1v) is 29.6. The molecule has 2 saturated heterocycles. The molecule has 0 aliphatic carbocycles. The van der Waals surface area contributed by atoms with Gasteiger partial charge >= 0.3 is 0 Å². The van der Waals surface area contributed by atoms with Crippen molar-refractivity contribution in [3.8, 4) is 0 Å². The van der Waals surface area contributed by atoms with Gasteiger partial charge in [0.2, 0.25) is 5.91 Å². The molecule has 1 amide bonds. The number of rotatable bonds is 45. The fourth-order valence-corrected chi connectivity index (χ4v) is 8.94. The highest BCUT2D eigenvalue weighted by Crippen LogP contribution is 2.30. The molecule has 2 aliphatic heterocycles. The number of unbranched alkanes of at least 4 members (excludes halogenated alkanes) is 16. The summed E-state index contributed by atoms with van der Waals surface area (Å²) in [5, 5.41) is 86.2. The molecule has 2 rings (SSSR count). The second-order valence-electron chi connectivity index (χ2n) is 20.4. The molecule has 0 aromatic rings. The first kappa shape index (κ1) is 69.8. The van der Waals surface area contributed by atoms with Crippen LogP contribution in [-0.2, 0) is 23.7 Å². The summed E-state index contributed by atoms with van der Waals surface area (Å²) in [5.41, 5.74) is 0. The average molecular weight is 1080 g/mol. The molecule has 9 N–H and O–H groups in total. The van der Waals surface area contributed by atoms with Crippen LogP contribution in [0.15, 0.2) is 109 Å². The third-order valence-corrected chi connectivity index (χ3v) is 13.7. The SMILES string of the molecule is CC/C=C\C/C=C\C/C=C\C/C=C\C/C=C\C/C=C\C/C=C\C/C=C\CCCCCCCCCCCCCCCCC(=O)NC(COC1OC(CO)C(OC2OC(CO)C(O)C(O)C2O)C(O)C1O)C(O)/C=C/CCCC. The van der Waals surface area contributed by atoms with Crippen LogP contribution in [0.4, 0.5) is 0 Å². The van der Waals surface area contributed by atoms with Gasteiger partial charge in [0.25, 0.3) is 0 Å². The molecule has 77 heavy (non-hydrogen) atoms. The number of allylic oxidation sites excluding steroid dienone is 17. The number of aliphatic hydroxyl groups is 8. The number of amides is 1. The number of carbonyl (C=O) groups excluding carboxylic acids is 1. The zero-order valence-corrected chi connectivity index (χ0v) is 47.2. The van der Waals surface area contributed by atoms with Crippen LogP contribution in [0.5, 0.6) is 0 Å². The maximum atomic E-state index is 13.1. The summed E-state index contributed by atoms with van der Waals surface area (Å²) in [6, 6.07) is -0.916. The minimum atomic E-state index is -1.79. The predicted molar refractivity (Wildman–Crippen MR) is 309 cm³/mol. The van der Waals surface area contributed by atoms with Crippen molar-refractivity contribution in [2.75, 3.05) is 19.8 Å². The van der Waals surface area contributed by atoms with Crippen molar-refractivity contribution < 1.29 is 64.6 Å². The van der Waals surface area contributed by atoms with Crippen molar-refractivity contribution in [1.29, 1.82) is 0 Å². The summed E-state index contributed by atoms with van der Waals surface area (Å²) < 4.78 is 22.5. The number of nitrogens with one attached hydrogen (secondary N) is 1. The van der Waals surface area contributed by atoms with Crippen molar-refractivity contribution in [3.05, 3.63) is 109 Å². The van der Waals surface area contributed by atoms with E-state index in [4.69, 9.17) is 18.9 Å². The van der Waals surface area contributed by atoms with Crippen LogP contribution in [0, 0.1) is 0 Å². The normalized spacial score (nSPS) is 25.5. The van der Waals surface area contributed by atoms with Crippen molar-refractivity contribution in [2.45, 2.75) is 261 Å². The molecular weight excluding hydrogens is 979 g/mol. The number of carbonyl (C=O) groups is 1. The molecule has 2 fully saturated rings. The van der Waals surface area contributed by atoms with Gasteiger partial charge in [0.1, 0.15) is 48.8 Å². The highest BCUT2D eigenvalue weighted by atomic mass is 16.7. The molecule has 440 valence electrons. The Morgan fingerprint density at radius 1 is 0.481 bits per heavy atom. The van der Waals surface area contributed by atoms with Gasteiger partial charge in [-0.05, 0) is 77.0 Å². The summed E-state index contributed by atoms with van der Waals surface area (Å²) >= 11 is 0. The molecule has 0 saturated carbocycles. The van der Waals surface area contributed by atoms with Gasteiger partial charge < -0.3 is 65.1 Å². The second kappa shape index (κ2) is 47.5. The second-order valence-corrected chi connectivity index (χ2v) is 20.4. The van der Waals surface area contributed by atoms with Crippen LogP contribution in [0.25, 0.3) is 0 Å². The number of ether oxygens (including phenoxy) is 4. The lowest BCUT2D eigenvalue weighted by Gasteiger charge is -2.46. The van der Waals surface area contributed by atoms with Crippen molar-refractivity contribution >= 4 is 5.91 Å². The van der Waals surface area contributed by atoms with Gasteiger partial charge in [0.15, 0.2) is 12.6 Å². The van der Waals surface area contributed by atoms with E-state index in [-0.39, 0.29) is 18.9 Å². The molecule has 2 aliphatic rings. The van der Waals surface area contributed by atoms with E-state index < -0.39 is 86.8 Å². The molecule has 0 radical (unpaired) electrons. The van der Waals surface area contributed by atoms with Gasteiger partial charge in [-0.2, -0.15) is 0 Å². The molecule has 0 spiro atoms. The fourth-order valence-electron chi connectivity index (χ4n) is 8.94.